The van der Waals surface area contributed by atoms with E-state index in [1.165, 1.54) is 64.2 Å². The standard InChI is InChI=1S/C27H39FN2/c1-3-5-6-7-8-9-21-10-12-22(13-11-21)14-15-23-16-17-24(20-26(23)28)27-19-18-25(4-2)29-30-27/h16-22H,3-15H2,1-2H3. The maximum atomic E-state index is 14.7. The van der Waals surface area contributed by atoms with Crippen molar-refractivity contribution >= 4 is 0 Å². The van der Waals surface area contributed by atoms with Crippen LogP contribution in [-0.2, 0) is 12.8 Å². The Kier molecular flexibility index (Phi) is 9.29. The first kappa shape index (κ1) is 22.9. The summed E-state index contributed by atoms with van der Waals surface area (Å²) in [5.74, 6) is 1.61. The van der Waals surface area contributed by atoms with Crippen molar-refractivity contribution in [2.24, 2.45) is 11.8 Å². The fraction of sp³-hybridized carbons (Fsp3) is 0.630. The number of nitrogens with zero attached hydrogens (tertiary/aromatic N) is 2. The summed E-state index contributed by atoms with van der Waals surface area (Å²) in [6.07, 6.45) is 16.6. The van der Waals surface area contributed by atoms with Crippen molar-refractivity contribution in [2.45, 2.75) is 97.3 Å². The number of unbranched alkanes of at least 4 members (excludes halogenated alkanes) is 4. The second kappa shape index (κ2) is 12.2. The van der Waals surface area contributed by atoms with Crippen LogP contribution < -0.4 is 0 Å². The number of aromatic nitrogens is 2. The molecule has 0 spiro atoms. The van der Waals surface area contributed by atoms with Crippen molar-refractivity contribution in [1.82, 2.24) is 10.2 Å². The smallest absolute Gasteiger partial charge is 0.127 e. The lowest BCUT2D eigenvalue weighted by Crippen LogP contribution is -2.15. The molecule has 0 unspecified atom stereocenters. The summed E-state index contributed by atoms with van der Waals surface area (Å²) >= 11 is 0. The minimum atomic E-state index is -0.102. The molecule has 0 aliphatic heterocycles. The second-order valence-electron chi connectivity index (χ2n) is 9.20. The highest BCUT2D eigenvalue weighted by Gasteiger charge is 2.21. The van der Waals surface area contributed by atoms with Crippen LogP contribution in [0.4, 0.5) is 4.39 Å². The normalized spacial score (nSPS) is 19.2. The highest BCUT2D eigenvalue weighted by Crippen LogP contribution is 2.34. The van der Waals surface area contributed by atoms with Gasteiger partial charge in [0.1, 0.15) is 5.82 Å². The molecule has 1 saturated carbocycles. The Balaban J connectivity index is 1.42. The highest BCUT2D eigenvalue weighted by atomic mass is 19.1. The van der Waals surface area contributed by atoms with Gasteiger partial charge in [-0.25, -0.2) is 4.39 Å². The molecular formula is C27H39FN2. The Morgan fingerprint density at radius 2 is 1.57 bits per heavy atom. The molecule has 1 fully saturated rings. The summed E-state index contributed by atoms with van der Waals surface area (Å²) in [7, 11) is 0. The molecule has 1 aliphatic rings. The maximum Gasteiger partial charge on any atom is 0.127 e. The first-order valence-corrected chi connectivity index (χ1v) is 12.3. The van der Waals surface area contributed by atoms with Crippen LogP contribution in [0.25, 0.3) is 11.3 Å². The molecular weight excluding hydrogens is 371 g/mol. The molecule has 3 heteroatoms. The van der Waals surface area contributed by atoms with E-state index in [-0.39, 0.29) is 5.82 Å². The average molecular weight is 411 g/mol. The second-order valence-corrected chi connectivity index (χ2v) is 9.20. The summed E-state index contributed by atoms with van der Waals surface area (Å²) < 4.78 is 14.7. The van der Waals surface area contributed by atoms with E-state index in [0.29, 0.717) is 0 Å². The Morgan fingerprint density at radius 3 is 2.20 bits per heavy atom. The number of hydrogen-bond donors (Lipinski definition) is 0. The molecule has 164 valence electrons. The first-order valence-electron chi connectivity index (χ1n) is 12.3. The van der Waals surface area contributed by atoms with Crippen molar-refractivity contribution in [3.8, 4) is 11.3 Å². The lowest BCUT2D eigenvalue weighted by atomic mass is 9.77. The molecule has 3 rings (SSSR count). The molecule has 2 nitrogen and oxygen atoms in total. The van der Waals surface area contributed by atoms with Gasteiger partial charge in [0.2, 0.25) is 0 Å². The zero-order valence-corrected chi connectivity index (χ0v) is 19.0. The molecule has 0 saturated heterocycles. The van der Waals surface area contributed by atoms with Gasteiger partial charge in [-0.2, -0.15) is 10.2 Å². The van der Waals surface area contributed by atoms with E-state index >= 15 is 0 Å². The SMILES string of the molecule is CCCCCCCC1CCC(CCc2ccc(-c3ccc(CC)nn3)cc2F)CC1. The molecule has 0 bridgehead atoms. The van der Waals surface area contributed by atoms with Crippen LogP contribution in [0.3, 0.4) is 0 Å². The minimum Gasteiger partial charge on any atom is -0.207 e. The number of rotatable bonds is 11. The van der Waals surface area contributed by atoms with E-state index in [0.717, 1.165) is 53.6 Å². The molecule has 0 amide bonds. The molecule has 0 radical (unpaired) electrons. The van der Waals surface area contributed by atoms with Gasteiger partial charge in [0.25, 0.3) is 0 Å². The van der Waals surface area contributed by atoms with Gasteiger partial charge in [0.05, 0.1) is 11.4 Å². The Bertz CT molecular complexity index is 748. The van der Waals surface area contributed by atoms with E-state index in [2.05, 4.69) is 24.0 Å². The van der Waals surface area contributed by atoms with Crippen molar-refractivity contribution in [3.05, 3.63) is 47.4 Å². The Hall–Kier alpha value is -1.77. The predicted molar refractivity (Wildman–Crippen MR) is 124 cm³/mol. The van der Waals surface area contributed by atoms with Gasteiger partial charge in [-0.05, 0) is 54.9 Å². The number of aryl methyl sites for hydroxylation is 2. The van der Waals surface area contributed by atoms with Gasteiger partial charge in [0.15, 0.2) is 0 Å². The van der Waals surface area contributed by atoms with Crippen molar-refractivity contribution in [3.63, 3.8) is 0 Å². The van der Waals surface area contributed by atoms with Crippen LogP contribution in [-0.4, -0.2) is 10.2 Å². The van der Waals surface area contributed by atoms with Crippen molar-refractivity contribution in [2.75, 3.05) is 0 Å². The van der Waals surface area contributed by atoms with Gasteiger partial charge >= 0.3 is 0 Å². The predicted octanol–water partition coefficient (Wildman–Crippen LogP) is 7.94. The minimum absolute atomic E-state index is 0.102. The lowest BCUT2D eigenvalue weighted by molar-refractivity contribution is 0.248. The molecule has 1 heterocycles. The maximum absolute atomic E-state index is 14.7. The van der Waals surface area contributed by atoms with Gasteiger partial charge in [-0.15, -0.1) is 0 Å². The van der Waals surface area contributed by atoms with E-state index in [1.54, 1.807) is 6.07 Å². The van der Waals surface area contributed by atoms with E-state index in [4.69, 9.17) is 0 Å². The van der Waals surface area contributed by atoms with Crippen LogP contribution in [0.2, 0.25) is 0 Å². The summed E-state index contributed by atoms with van der Waals surface area (Å²) in [4.78, 5) is 0. The number of benzene rings is 1. The third kappa shape index (κ3) is 6.89. The van der Waals surface area contributed by atoms with Gasteiger partial charge in [0, 0.05) is 5.56 Å². The van der Waals surface area contributed by atoms with Gasteiger partial charge in [-0.1, -0.05) is 90.2 Å². The summed E-state index contributed by atoms with van der Waals surface area (Å²) in [5, 5.41) is 8.42. The average Bonchev–Trinajstić information content (AvgIpc) is 2.79. The fourth-order valence-corrected chi connectivity index (χ4v) is 4.82. The summed E-state index contributed by atoms with van der Waals surface area (Å²) in [5.41, 5.74) is 3.36. The van der Waals surface area contributed by atoms with Crippen molar-refractivity contribution in [1.29, 1.82) is 0 Å². The van der Waals surface area contributed by atoms with Crippen molar-refractivity contribution < 1.29 is 4.39 Å². The highest BCUT2D eigenvalue weighted by molar-refractivity contribution is 5.59. The van der Waals surface area contributed by atoms with Gasteiger partial charge in [-0.3, -0.25) is 0 Å². The van der Waals surface area contributed by atoms with E-state index < -0.39 is 0 Å². The molecule has 30 heavy (non-hydrogen) atoms. The van der Waals surface area contributed by atoms with E-state index in [1.807, 2.05) is 24.3 Å². The third-order valence-corrected chi connectivity index (χ3v) is 6.94. The molecule has 0 atom stereocenters. The zero-order chi connectivity index (χ0) is 21.2. The Morgan fingerprint density at radius 1 is 0.833 bits per heavy atom. The lowest BCUT2D eigenvalue weighted by Gasteiger charge is -2.28. The molecule has 1 aromatic heterocycles. The quantitative estimate of drug-likeness (QED) is 0.351. The molecule has 1 aromatic carbocycles. The number of halogens is 1. The van der Waals surface area contributed by atoms with Crippen LogP contribution in [0.5, 0.6) is 0 Å². The molecule has 0 N–H and O–H groups in total. The van der Waals surface area contributed by atoms with E-state index in [9.17, 15) is 4.39 Å². The zero-order valence-electron chi connectivity index (χ0n) is 19.0. The summed E-state index contributed by atoms with van der Waals surface area (Å²) in [6, 6.07) is 9.46. The third-order valence-electron chi connectivity index (χ3n) is 6.94. The monoisotopic (exact) mass is 410 g/mol. The molecule has 1 aliphatic carbocycles. The Labute approximate surface area is 182 Å². The first-order chi connectivity index (χ1) is 14.7. The molecule has 2 aromatic rings. The summed E-state index contributed by atoms with van der Waals surface area (Å²) in [6.45, 7) is 4.33. The van der Waals surface area contributed by atoms with Crippen LogP contribution in [0.1, 0.15) is 95.7 Å². The largest absolute Gasteiger partial charge is 0.207 e. The van der Waals surface area contributed by atoms with Crippen LogP contribution >= 0.6 is 0 Å². The number of hydrogen-bond acceptors (Lipinski definition) is 2. The van der Waals surface area contributed by atoms with Gasteiger partial charge < -0.3 is 0 Å². The van der Waals surface area contributed by atoms with Crippen LogP contribution in [0.15, 0.2) is 30.3 Å². The topological polar surface area (TPSA) is 25.8 Å². The van der Waals surface area contributed by atoms with Crippen LogP contribution in [0, 0.1) is 17.7 Å². The fourth-order valence-electron chi connectivity index (χ4n) is 4.82.